The largest absolute Gasteiger partial charge is 0.383 e. The van der Waals surface area contributed by atoms with Crippen molar-refractivity contribution in [3.63, 3.8) is 0 Å². The number of nitrogens with one attached hydrogen (secondary N) is 1. The van der Waals surface area contributed by atoms with Crippen LogP contribution in [0.2, 0.25) is 0 Å². The van der Waals surface area contributed by atoms with E-state index in [1.54, 1.807) is 0 Å². The number of hydrogen-bond donors (Lipinski definition) is 1. The summed E-state index contributed by atoms with van der Waals surface area (Å²) in [5.74, 6) is 1.64. The first-order chi connectivity index (χ1) is 9.15. The summed E-state index contributed by atoms with van der Waals surface area (Å²) in [5, 5.41) is 3.45. The molecule has 1 saturated carbocycles. The molecule has 1 aromatic carbocycles. The van der Waals surface area contributed by atoms with E-state index in [2.05, 4.69) is 50.4 Å². The molecule has 0 bridgehead atoms. The van der Waals surface area contributed by atoms with Gasteiger partial charge in [0.15, 0.2) is 0 Å². The molecule has 1 fully saturated rings. The van der Waals surface area contributed by atoms with Crippen LogP contribution in [0, 0.1) is 18.8 Å². The van der Waals surface area contributed by atoms with Crippen molar-refractivity contribution >= 4 is 5.69 Å². The summed E-state index contributed by atoms with van der Waals surface area (Å²) in [6.07, 6.45) is 4.29. The number of aryl methyl sites for hydroxylation is 1. The third-order valence-electron chi connectivity index (χ3n) is 4.05. The molecule has 0 radical (unpaired) electrons. The SMILES string of the molecule is Cc1ccccc1NCCOC1CC(C)CC(C)C1. The van der Waals surface area contributed by atoms with Crippen molar-refractivity contribution in [2.75, 3.05) is 18.5 Å². The quantitative estimate of drug-likeness (QED) is 0.800. The minimum atomic E-state index is 0.470. The molecule has 2 atom stereocenters. The Labute approximate surface area is 117 Å². The topological polar surface area (TPSA) is 21.3 Å². The predicted octanol–water partition coefficient (Wildman–Crippen LogP) is 4.25. The maximum atomic E-state index is 6.02. The van der Waals surface area contributed by atoms with Gasteiger partial charge in [0.25, 0.3) is 0 Å². The van der Waals surface area contributed by atoms with Crippen molar-refractivity contribution < 1.29 is 4.74 Å². The van der Waals surface area contributed by atoms with Gasteiger partial charge in [0, 0.05) is 12.2 Å². The first kappa shape index (κ1) is 14.4. The molecule has 2 unspecified atom stereocenters. The fraction of sp³-hybridized carbons (Fsp3) is 0.647. The fourth-order valence-electron chi connectivity index (χ4n) is 3.19. The van der Waals surface area contributed by atoms with E-state index < -0.39 is 0 Å². The molecule has 106 valence electrons. The standard InChI is InChI=1S/C17H27NO/c1-13-10-14(2)12-16(11-13)19-9-8-18-17-7-5-4-6-15(17)3/h4-7,13-14,16,18H,8-12H2,1-3H3. The van der Waals surface area contributed by atoms with Gasteiger partial charge in [0.2, 0.25) is 0 Å². The van der Waals surface area contributed by atoms with Crippen LogP contribution in [0.25, 0.3) is 0 Å². The van der Waals surface area contributed by atoms with Gasteiger partial charge in [-0.15, -0.1) is 0 Å². The zero-order valence-electron chi connectivity index (χ0n) is 12.5. The molecule has 2 nitrogen and oxygen atoms in total. The number of rotatable bonds is 5. The summed E-state index contributed by atoms with van der Waals surface area (Å²) in [4.78, 5) is 0. The van der Waals surface area contributed by atoms with Crippen molar-refractivity contribution in [2.24, 2.45) is 11.8 Å². The second-order valence-corrected chi connectivity index (χ2v) is 6.15. The zero-order valence-corrected chi connectivity index (χ0v) is 12.5. The summed E-state index contributed by atoms with van der Waals surface area (Å²) in [6, 6.07) is 8.40. The lowest BCUT2D eigenvalue weighted by Gasteiger charge is -2.31. The Morgan fingerprint density at radius 1 is 1.11 bits per heavy atom. The smallest absolute Gasteiger partial charge is 0.0642 e. The van der Waals surface area contributed by atoms with Gasteiger partial charge in [0.05, 0.1) is 12.7 Å². The van der Waals surface area contributed by atoms with Gasteiger partial charge >= 0.3 is 0 Å². The maximum Gasteiger partial charge on any atom is 0.0642 e. The van der Waals surface area contributed by atoms with Crippen LogP contribution in [-0.4, -0.2) is 19.3 Å². The molecule has 19 heavy (non-hydrogen) atoms. The van der Waals surface area contributed by atoms with Crippen LogP contribution >= 0.6 is 0 Å². The van der Waals surface area contributed by atoms with Gasteiger partial charge in [-0.3, -0.25) is 0 Å². The highest BCUT2D eigenvalue weighted by molar-refractivity contribution is 5.50. The Hall–Kier alpha value is -1.02. The van der Waals surface area contributed by atoms with E-state index in [9.17, 15) is 0 Å². The Balaban J connectivity index is 1.68. The highest BCUT2D eigenvalue weighted by Gasteiger charge is 2.24. The Kier molecular flexibility index (Phi) is 5.26. The molecule has 1 aliphatic rings. The number of anilines is 1. The van der Waals surface area contributed by atoms with E-state index >= 15 is 0 Å². The lowest BCUT2D eigenvalue weighted by Crippen LogP contribution is -2.28. The molecular formula is C17H27NO. The van der Waals surface area contributed by atoms with E-state index in [0.717, 1.165) is 25.0 Å². The van der Waals surface area contributed by atoms with Crippen molar-refractivity contribution in [1.29, 1.82) is 0 Å². The van der Waals surface area contributed by atoms with Crippen molar-refractivity contribution in [3.05, 3.63) is 29.8 Å². The molecule has 0 heterocycles. The first-order valence-corrected chi connectivity index (χ1v) is 7.56. The lowest BCUT2D eigenvalue weighted by atomic mass is 9.82. The van der Waals surface area contributed by atoms with Crippen LogP contribution in [0.4, 0.5) is 5.69 Å². The number of para-hydroxylation sites is 1. The van der Waals surface area contributed by atoms with Gasteiger partial charge < -0.3 is 10.1 Å². The molecule has 1 N–H and O–H groups in total. The lowest BCUT2D eigenvalue weighted by molar-refractivity contribution is 0.00618. The Morgan fingerprint density at radius 3 is 2.47 bits per heavy atom. The fourth-order valence-corrected chi connectivity index (χ4v) is 3.19. The van der Waals surface area contributed by atoms with Crippen LogP contribution in [0.5, 0.6) is 0 Å². The zero-order chi connectivity index (χ0) is 13.7. The van der Waals surface area contributed by atoms with Crippen molar-refractivity contribution in [1.82, 2.24) is 0 Å². The molecule has 2 rings (SSSR count). The molecule has 0 spiro atoms. The summed E-state index contributed by atoms with van der Waals surface area (Å²) >= 11 is 0. The molecular weight excluding hydrogens is 234 g/mol. The number of hydrogen-bond acceptors (Lipinski definition) is 2. The van der Waals surface area contributed by atoms with E-state index in [-0.39, 0.29) is 0 Å². The third-order valence-corrected chi connectivity index (χ3v) is 4.05. The maximum absolute atomic E-state index is 6.02. The average molecular weight is 261 g/mol. The molecule has 2 heteroatoms. The minimum absolute atomic E-state index is 0.470. The van der Waals surface area contributed by atoms with Gasteiger partial charge in [-0.05, 0) is 49.7 Å². The number of benzene rings is 1. The van der Waals surface area contributed by atoms with Crippen LogP contribution in [0.1, 0.15) is 38.7 Å². The second-order valence-electron chi connectivity index (χ2n) is 6.15. The summed E-state index contributed by atoms with van der Waals surface area (Å²) in [5.41, 5.74) is 2.51. The molecule has 1 aromatic rings. The Morgan fingerprint density at radius 2 is 1.79 bits per heavy atom. The van der Waals surface area contributed by atoms with E-state index in [0.29, 0.717) is 6.10 Å². The monoisotopic (exact) mass is 261 g/mol. The van der Waals surface area contributed by atoms with E-state index in [1.807, 2.05) is 0 Å². The summed E-state index contributed by atoms with van der Waals surface area (Å²) in [6.45, 7) is 8.52. The van der Waals surface area contributed by atoms with E-state index in [4.69, 9.17) is 4.74 Å². The molecule has 1 aliphatic carbocycles. The minimum Gasteiger partial charge on any atom is -0.383 e. The summed E-state index contributed by atoms with van der Waals surface area (Å²) < 4.78 is 6.02. The highest BCUT2D eigenvalue weighted by Crippen LogP contribution is 2.30. The predicted molar refractivity (Wildman–Crippen MR) is 81.6 cm³/mol. The first-order valence-electron chi connectivity index (χ1n) is 7.56. The normalized spacial score (nSPS) is 27.2. The molecule has 0 amide bonds. The highest BCUT2D eigenvalue weighted by atomic mass is 16.5. The number of ether oxygens (including phenoxy) is 1. The van der Waals surface area contributed by atoms with Gasteiger partial charge in [-0.1, -0.05) is 32.0 Å². The van der Waals surface area contributed by atoms with Crippen LogP contribution in [-0.2, 0) is 4.74 Å². The molecule has 0 aromatic heterocycles. The molecule has 0 aliphatic heterocycles. The van der Waals surface area contributed by atoms with Gasteiger partial charge in [-0.25, -0.2) is 0 Å². The van der Waals surface area contributed by atoms with Crippen LogP contribution < -0.4 is 5.32 Å². The second kappa shape index (κ2) is 6.95. The van der Waals surface area contributed by atoms with Crippen LogP contribution in [0.15, 0.2) is 24.3 Å². The average Bonchev–Trinajstić information content (AvgIpc) is 2.35. The van der Waals surface area contributed by atoms with Crippen molar-refractivity contribution in [2.45, 2.75) is 46.1 Å². The van der Waals surface area contributed by atoms with Gasteiger partial charge in [0.1, 0.15) is 0 Å². The Bertz CT molecular complexity index is 381. The van der Waals surface area contributed by atoms with Crippen LogP contribution in [0.3, 0.4) is 0 Å². The molecule has 0 saturated heterocycles. The summed E-state index contributed by atoms with van der Waals surface area (Å²) in [7, 11) is 0. The van der Waals surface area contributed by atoms with Gasteiger partial charge in [-0.2, -0.15) is 0 Å². The third kappa shape index (κ3) is 4.54. The van der Waals surface area contributed by atoms with Crippen molar-refractivity contribution in [3.8, 4) is 0 Å². The van der Waals surface area contributed by atoms with E-state index in [1.165, 1.54) is 30.5 Å².